The van der Waals surface area contributed by atoms with Crippen molar-refractivity contribution in [3.8, 4) is 5.69 Å². The summed E-state index contributed by atoms with van der Waals surface area (Å²) in [5.74, 6) is 0.834. The third-order valence-electron chi connectivity index (χ3n) is 7.61. The Morgan fingerprint density at radius 2 is 1.88 bits per heavy atom. The van der Waals surface area contributed by atoms with E-state index in [1.807, 2.05) is 23.4 Å². The van der Waals surface area contributed by atoms with Crippen LogP contribution < -0.4 is 0 Å². The van der Waals surface area contributed by atoms with Crippen molar-refractivity contribution >= 4 is 12.0 Å². The topological polar surface area (TPSA) is 41.4 Å². The summed E-state index contributed by atoms with van der Waals surface area (Å²) in [7, 11) is 0. The first-order chi connectivity index (χ1) is 16.0. The molecule has 178 valence electrons. The van der Waals surface area contributed by atoms with Gasteiger partial charge in [0, 0.05) is 19.1 Å². The Balaban J connectivity index is 1.52. The van der Waals surface area contributed by atoms with E-state index in [0.717, 1.165) is 55.2 Å². The Morgan fingerprint density at radius 3 is 2.61 bits per heavy atom. The van der Waals surface area contributed by atoms with Crippen LogP contribution in [0.5, 0.6) is 0 Å². The second kappa shape index (κ2) is 10.7. The lowest BCUT2D eigenvalue weighted by Crippen LogP contribution is -2.38. The molecule has 1 aromatic heterocycles. The van der Waals surface area contributed by atoms with E-state index >= 15 is 0 Å². The lowest BCUT2D eigenvalue weighted by atomic mass is 9.89. The van der Waals surface area contributed by atoms with E-state index in [0.29, 0.717) is 12.0 Å². The summed E-state index contributed by atoms with van der Waals surface area (Å²) in [6.07, 6.45) is 12.4. The number of benzene rings is 1. The minimum absolute atomic E-state index is 0.124. The largest absolute Gasteiger partial charge is 0.337 e. The van der Waals surface area contributed by atoms with Gasteiger partial charge in [-0.1, -0.05) is 57.4 Å². The van der Waals surface area contributed by atoms with Crippen molar-refractivity contribution in [2.24, 2.45) is 5.92 Å². The molecule has 1 atom stereocenters. The lowest BCUT2D eigenvalue weighted by Gasteiger charge is -2.26. The van der Waals surface area contributed by atoms with Gasteiger partial charge in [0.2, 0.25) is 0 Å². The summed E-state index contributed by atoms with van der Waals surface area (Å²) >= 11 is 0. The number of likely N-dealkylation sites (N-methyl/N-ethyl adjacent to an activating group) is 1. The molecule has 1 saturated carbocycles. The number of allylic oxidation sites excluding steroid dienone is 1. The van der Waals surface area contributed by atoms with Crippen LogP contribution in [0.25, 0.3) is 11.8 Å². The van der Waals surface area contributed by atoms with Crippen LogP contribution in [0.15, 0.2) is 30.3 Å². The molecular weight excluding hydrogens is 408 g/mol. The molecule has 5 nitrogen and oxygen atoms in total. The van der Waals surface area contributed by atoms with Crippen LogP contribution in [0.2, 0.25) is 0 Å². The molecule has 1 aliphatic heterocycles. The molecule has 2 aromatic rings. The van der Waals surface area contributed by atoms with Gasteiger partial charge in [0.05, 0.1) is 22.6 Å². The van der Waals surface area contributed by atoms with Crippen LogP contribution in [0.1, 0.15) is 79.7 Å². The molecule has 1 unspecified atom stereocenters. The van der Waals surface area contributed by atoms with Crippen molar-refractivity contribution < 1.29 is 4.79 Å². The summed E-state index contributed by atoms with van der Waals surface area (Å²) in [5, 5.41) is 4.79. The number of likely N-dealkylation sites (tertiary alicyclic amines) is 1. The van der Waals surface area contributed by atoms with E-state index in [1.165, 1.54) is 37.7 Å². The van der Waals surface area contributed by atoms with Gasteiger partial charge in [0.25, 0.3) is 5.91 Å². The fraction of sp³-hybridized carbons (Fsp3) is 0.571. The van der Waals surface area contributed by atoms with Gasteiger partial charge in [-0.2, -0.15) is 5.10 Å². The maximum Gasteiger partial charge on any atom is 0.257 e. The van der Waals surface area contributed by atoms with Gasteiger partial charge >= 0.3 is 0 Å². The van der Waals surface area contributed by atoms with Gasteiger partial charge in [0.15, 0.2) is 0 Å². The molecule has 0 bridgehead atoms. The Kier molecular flexibility index (Phi) is 7.69. The molecule has 0 radical (unpaired) electrons. The maximum absolute atomic E-state index is 13.5. The highest BCUT2D eigenvalue weighted by Gasteiger charge is 2.32. The second-order valence-corrected chi connectivity index (χ2v) is 9.72. The quantitative estimate of drug-likeness (QED) is 0.550. The molecule has 5 heteroatoms. The number of nitrogens with zero attached hydrogens (tertiary/aromatic N) is 4. The molecule has 2 heterocycles. The van der Waals surface area contributed by atoms with Gasteiger partial charge in [-0.3, -0.25) is 9.69 Å². The summed E-state index contributed by atoms with van der Waals surface area (Å²) in [5.41, 5.74) is 4.71. The van der Waals surface area contributed by atoms with Crippen LogP contribution >= 0.6 is 0 Å². The predicted molar refractivity (Wildman–Crippen MR) is 136 cm³/mol. The molecule has 33 heavy (non-hydrogen) atoms. The van der Waals surface area contributed by atoms with Crippen molar-refractivity contribution in [2.45, 2.75) is 72.3 Å². The fourth-order valence-corrected chi connectivity index (χ4v) is 5.66. The van der Waals surface area contributed by atoms with E-state index in [4.69, 9.17) is 5.10 Å². The highest BCUT2D eigenvalue weighted by molar-refractivity contribution is 5.96. The van der Waals surface area contributed by atoms with Crippen molar-refractivity contribution in [1.82, 2.24) is 19.6 Å². The number of carbonyl (C=O) groups is 1. The number of carbonyl (C=O) groups excluding carboxylic acids is 1. The molecular formula is C28H40N4O. The van der Waals surface area contributed by atoms with Gasteiger partial charge in [-0.05, 0) is 69.8 Å². The number of aryl methyl sites for hydroxylation is 1. The monoisotopic (exact) mass is 448 g/mol. The van der Waals surface area contributed by atoms with E-state index in [9.17, 15) is 4.79 Å². The molecule has 1 aliphatic carbocycles. The number of hydrogen-bond donors (Lipinski definition) is 0. The fourth-order valence-electron chi connectivity index (χ4n) is 5.66. The van der Waals surface area contributed by atoms with Crippen LogP contribution in [-0.2, 0) is 0 Å². The zero-order valence-corrected chi connectivity index (χ0v) is 20.9. The SMILES string of the molecule is CCN(CC)C1CCN(C(=O)c2c(C)nn(-c3cccc(/C=C/C4CCCCC4)c3)c2C)C1. The van der Waals surface area contributed by atoms with E-state index in [1.54, 1.807) is 0 Å². The van der Waals surface area contributed by atoms with Gasteiger partial charge in [-0.25, -0.2) is 4.68 Å². The summed E-state index contributed by atoms with van der Waals surface area (Å²) in [6.45, 7) is 12.1. The Bertz CT molecular complexity index is 982. The molecule has 1 aromatic carbocycles. The lowest BCUT2D eigenvalue weighted by molar-refractivity contribution is 0.0776. The minimum Gasteiger partial charge on any atom is -0.337 e. The zero-order valence-electron chi connectivity index (χ0n) is 20.9. The van der Waals surface area contributed by atoms with E-state index < -0.39 is 0 Å². The van der Waals surface area contributed by atoms with Crippen molar-refractivity contribution in [3.63, 3.8) is 0 Å². The highest BCUT2D eigenvalue weighted by Crippen LogP contribution is 2.26. The number of hydrogen-bond acceptors (Lipinski definition) is 3. The maximum atomic E-state index is 13.5. The average Bonchev–Trinajstić information content (AvgIpc) is 3.44. The van der Waals surface area contributed by atoms with Gasteiger partial charge in [-0.15, -0.1) is 0 Å². The molecule has 1 amide bonds. The Morgan fingerprint density at radius 1 is 1.12 bits per heavy atom. The van der Waals surface area contributed by atoms with E-state index in [2.05, 4.69) is 55.2 Å². The van der Waals surface area contributed by atoms with Crippen molar-refractivity contribution in [2.75, 3.05) is 26.2 Å². The van der Waals surface area contributed by atoms with Crippen molar-refractivity contribution in [1.29, 1.82) is 0 Å². The highest BCUT2D eigenvalue weighted by atomic mass is 16.2. The smallest absolute Gasteiger partial charge is 0.257 e. The standard InChI is InChI=1S/C28H40N4O/c1-5-30(6-2)26-17-18-31(20-26)28(33)27-21(3)29-32(22(27)4)25-14-10-13-24(19-25)16-15-23-11-8-7-9-12-23/h10,13-16,19,23,26H,5-9,11-12,17-18,20H2,1-4H3/b16-15+. The molecule has 0 N–H and O–H groups in total. The normalized spacial score (nSPS) is 19.8. The van der Waals surface area contributed by atoms with Gasteiger partial charge < -0.3 is 4.90 Å². The molecule has 2 fully saturated rings. The van der Waals surface area contributed by atoms with Crippen LogP contribution in [0, 0.1) is 19.8 Å². The third kappa shape index (κ3) is 5.24. The van der Waals surface area contributed by atoms with Crippen LogP contribution in [0.4, 0.5) is 0 Å². The predicted octanol–water partition coefficient (Wildman–Crippen LogP) is 5.64. The van der Waals surface area contributed by atoms with Crippen molar-refractivity contribution in [3.05, 3.63) is 52.9 Å². The molecule has 2 aliphatic rings. The molecule has 0 spiro atoms. The first-order valence-corrected chi connectivity index (χ1v) is 12.9. The zero-order chi connectivity index (χ0) is 23.4. The van der Waals surface area contributed by atoms with Crippen LogP contribution in [0.3, 0.4) is 0 Å². The summed E-state index contributed by atoms with van der Waals surface area (Å²) < 4.78 is 1.94. The van der Waals surface area contributed by atoms with Crippen LogP contribution in [-0.4, -0.2) is 57.7 Å². The minimum atomic E-state index is 0.124. The van der Waals surface area contributed by atoms with Gasteiger partial charge in [0.1, 0.15) is 0 Å². The Hall–Kier alpha value is -2.40. The number of rotatable bonds is 7. The number of aromatic nitrogens is 2. The summed E-state index contributed by atoms with van der Waals surface area (Å²) in [6, 6.07) is 8.96. The summed E-state index contributed by atoms with van der Waals surface area (Å²) in [4.78, 5) is 17.9. The first-order valence-electron chi connectivity index (χ1n) is 12.9. The molecule has 1 saturated heterocycles. The molecule has 4 rings (SSSR count). The average molecular weight is 449 g/mol. The Labute approximate surface area is 199 Å². The third-order valence-corrected chi connectivity index (χ3v) is 7.61. The second-order valence-electron chi connectivity index (χ2n) is 9.72. The first kappa shape index (κ1) is 23.7. The number of amides is 1. The van der Waals surface area contributed by atoms with E-state index in [-0.39, 0.29) is 5.91 Å².